The minimum absolute atomic E-state index is 0.0733. The molecule has 8 heteroatoms. The van der Waals surface area contributed by atoms with Crippen LogP contribution < -0.4 is 10.1 Å². The smallest absolute Gasteiger partial charge is 0.229 e. The Labute approximate surface area is 151 Å². The summed E-state index contributed by atoms with van der Waals surface area (Å²) in [5.41, 5.74) is 0.784. The molecule has 0 aromatic carbocycles. The van der Waals surface area contributed by atoms with Gasteiger partial charge < -0.3 is 14.6 Å². The molecule has 0 bridgehead atoms. The third-order valence-electron chi connectivity index (χ3n) is 4.61. The first-order chi connectivity index (χ1) is 12.7. The van der Waals surface area contributed by atoms with Gasteiger partial charge >= 0.3 is 0 Å². The van der Waals surface area contributed by atoms with Crippen LogP contribution in [0.5, 0.6) is 5.75 Å². The second-order valence-corrected chi connectivity index (χ2v) is 6.98. The van der Waals surface area contributed by atoms with Crippen molar-refractivity contribution in [2.24, 2.45) is 0 Å². The molecule has 3 heterocycles. The number of ether oxygens (including phenoxy) is 1. The molecular formula is C18H23N5O3. The van der Waals surface area contributed by atoms with Crippen LogP contribution in [0.25, 0.3) is 0 Å². The average Bonchev–Trinajstić information content (AvgIpc) is 3.22. The van der Waals surface area contributed by atoms with Crippen LogP contribution in [0.3, 0.4) is 0 Å². The highest BCUT2D eigenvalue weighted by Crippen LogP contribution is 2.38. The third kappa shape index (κ3) is 4.37. The zero-order chi connectivity index (χ0) is 17.9. The van der Waals surface area contributed by atoms with Gasteiger partial charge in [-0.1, -0.05) is 5.16 Å². The van der Waals surface area contributed by atoms with E-state index in [1.807, 2.05) is 12.1 Å². The fourth-order valence-electron chi connectivity index (χ4n) is 3.10. The van der Waals surface area contributed by atoms with Gasteiger partial charge in [-0.15, -0.1) is 0 Å². The monoisotopic (exact) mass is 357 g/mol. The summed E-state index contributed by atoms with van der Waals surface area (Å²) in [6.45, 7) is 4.37. The van der Waals surface area contributed by atoms with E-state index in [1.54, 1.807) is 6.20 Å². The quantitative estimate of drug-likeness (QED) is 0.805. The Morgan fingerprint density at radius 3 is 3.12 bits per heavy atom. The number of amides is 1. The molecule has 2 aliphatic rings. The lowest BCUT2D eigenvalue weighted by atomic mass is 10.3. The van der Waals surface area contributed by atoms with E-state index in [4.69, 9.17) is 9.26 Å². The number of carbonyl (C=O) groups is 1. The summed E-state index contributed by atoms with van der Waals surface area (Å²) in [6.07, 6.45) is 5.11. The van der Waals surface area contributed by atoms with Crippen LogP contribution in [-0.4, -0.2) is 45.1 Å². The zero-order valence-corrected chi connectivity index (χ0v) is 14.9. The van der Waals surface area contributed by atoms with Crippen LogP contribution in [0.1, 0.15) is 49.5 Å². The number of aromatic nitrogens is 3. The Kier molecular flexibility index (Phi) is 4.83. The van der Waals surface area contributed by atoms with Gasteiger partial charge in [0.1, 0.15) is 11.9 Å². The van der Waals surface area contributed by atoms with Gasteiger partial charge in [0.25, 0.3) is 0 Å². The van der Waals surface area contributed by atoms with Gasteiger partial charge in [0, 0.05) is 38.2 Å². The lowest BCUT2D eigenvalue weighted by molar-refractivity contribution is -0.119. The molecule has 4 rings (SSSR count). The molecule has 0 radical (unpaired) electrons. The molecule has 1 saturated carbocycles. The molecule has 1 N–H and O–H groups in total. The van der Waals surface area contributed by atoms with Gasteiger partial charge in [-0.3, -0.25) is 14.7 Å². The van der Waals surface area contributed by atoms with Crippen molar-refractivity contribution in [2.75, 3.05) is 13.1 Å². The van der Waals surface area contributed by atoms with Crippen molar-refractivity contribution in [2.45, 2.75) is 51.3 Å². The Morgan fingerprint density at radius 1 is 1.42 bits per heavy atom. The van der Waals surface area contributed by atoms with Crippen molar-refractivity contribution in [3.8, 4) is 5.75 Å². The molecule has 2 aromatic heterocycles. The first kappa shape index (κ1) is 17.0. The topological polar surface area (TPSA) is 93.4 Å². The van der Waals surface area contributed by atoms with Gasteiger partial charge in [-0.05, 0) is 25.3 Å². The summed E-state index contributed by atoms with van der Waals surface area (Å²) in [4.78, 5) is 22.0. The van der Waals surface area contributed by atoms with E-state index < -0.39 is 0 Å². The van der Waals surface area contributed by atoms with E-state index in [-0.39, 0.29) is 12.0 Å². The van der Waals surface area contributed by atoms with Gasteiger partial charge in [0.2, 0.25) is 11.8 Å². The number of hydrogen-bond acceptors (Lipinski definition) is 7. The highest BCUT2D eigenvalue weighted by atomic mass is 16.5. The molecule has 2 aromatic rings. The van der Waals surface area contributed by atoms with Gasteiger partial charge in [0.15, 0.2) is 5.82 Å². The standard InChI is InChI=1S/C18H23N5O3/c1-12(24)20-9-14-8-15(4-6-19-14)25-16-5-7-23(10-16)11-17-21-18(26-22-17)13-2-3-13/h4,6,8,13,16H,2-3,5,7,9-11H2,1H3,(H,20,24). The van der Waals surface area contributed by atoms with Gasteiger partial charge in [-0.25, -0.2) is 0 Å². The van der Waals surface area contributed by atoms with E-state index in [1.165, 1.54) is 6.92 Å². The molecular weight excluding hydrogens is 334 g/mol. The first-order valence-corrected chi connectivity index (χ1v) is 9.06. The summed E-state index contributed by atoms with van der Waals surface area (Å²) >= 11 is 0. The molecule has 26 heavy (non-hydrogen) atoms. The normalized spacial score (nSPS) is 20.3. The Balaban J connectivity index is 1.28. The van der Waals surface area contributed by atoms with Crippen LogP contribution in [0.2, 0.25) is 0 Å². The predicted molar refractivity (Wildman–Crippen MR) is 92.3 cm³/mol. The molecule has 0 spiro atoms. The fourth-order valence-corrected chi connectivity index (χ4v) is 3.10. The van der Waals surface area contributed by atoms with E-state index in [0.29, 0.717) is 19.0 Å². The Bertz CT molecular complexity index is 774. The van der Waals surface area contributed by atoms with Crippen molar-refractivity contribution in [3.63, 3.8) is 0 Å². The maximum absolute atomic E-state index is 11.0. The van der Waals surface area contributed by atoms with Crippen LogP contribution >= 0.6 is 0 Å². The molecule has 1 atom stereocenters. The summed E-state index contributed by atoms with van der Waals surface area (Å²) in [5, 5.41) is 6.83. The molecule has 8 nitrogen and oxygen atoms in total. The number of nitrogens with zero attached hydrogens (tertiary/aromatic N) is 4. The summed E-state index contributed by atoms with van der Waals surface area (Å²) in [5.74, 6) is 2.74. The summed E-state index contributed by atoms with van der Waals surface area (Å²) < 4.78 is 11.4. The van der Waals surface area contributed by atoms with Gasteiger partial charge in [-0.2, -0.15) is 4.98 Å². The van der Waals surface area contributed by atoms with E-state index in [9.17, 15) is 4.79 Å². The lowest BCUT2D eigenvalue weighted by Crippen LogP contribution is -2.25. The van der Waals surface area contributed by atoms with Crippen LogP contribution in [0, 0.1) is 0 Å². The largest absolute Gasteiger partial charge is 0.489 e. The van der Waals surface area contributed by atoms with Crippen molar-refractivity contribution in [1.82, 2.24) is 25.3 Å². The minimum Gasteiger partial charge on any atom is -0.489 e. The number of hydrogen-bond donors (Lipinski definition) is 1. The molecule has 1 saturated heterocycles. The SMILES string of the molecule is CC(=O)NCc1cc(OC2CCN(Cc3noc(C4CC4)n3)C2)ccn1. The fraction of sp³-hybridized carbons (Fsp3) is 0.556. The number of carbonyl (C=O) groups excluding carboxylic acids is 1. The lowest BCUT2D eigenvalue weighted by Gasteiger charge is -2.16. The Hall–Kier alpha value is -2.48. The molecule has 1 amide bonds. The molecule has 2 fully saturated rings. The van der Waals surface area contributed by atoms with Crippen LogP contribution in [0.4, 0.5) is 0 Å². The van der Waals surface area contributed by atoms with E-state index in [0.717, 1.165) is 55.5 Å². The number of pyridine rings is 1. The van der Waals surface area contributed by atoms with Gasteiger partial charge in [0.05, 0.1) is 18.8 Å². The number of rotatable bonds is 7. The van der Waals surface area contributed by atoms with Crippen molar-refractivity contribution < 1.29 is 14.1 Å². The van der Waals surface area contributed by atoms with E-state index >= 15 is 0 Å². The molecule has 1 aliphatic heterocycles. The first-order valence-electron chi connectivity index (χ1n) is 9.06. The van der Waals surface area contributed by atoms with Crippen LogP contribution in [-0.2, 0) is 17.9 Å². The number of likely N-dealkylation sites (tertiary alicyclic amines) is 1. The average molecular weight is 357 g/mol. The second-order valence-electron chi connectivity index (χ2n) is 6.98. The van der Waals surface area contributed by atoms with Crippen molar-refractivity contribution in [1.29, 1.82) is 0 Å². The summed E-state index contributed by atoms with van der Waals surface area (Å²) in [7, 11) is 0. The maximum Gasteiger partial charge on any atom is 0.229 e. The highest BCUT2D eigenvalue weighted by molar-refractivity contribution is 5.72. The minimum atomic E-state index is -0.0733. The maximum atomic E-state index is 11.0. The Morgan fingerprint density at radius 2 is 2.31 bits per heavy atom. The molecule has 138 valence electrons. The zero-order valence-electron chi connectivity index (χ0n) is 14.9. The number of nitrogens with one attached hydrogen (secondary N) is 1. The highest BCUT2D eigenvalue weighted by Gasteiger charge is 2.30. The second kappa shape index (κ2) is 7.41. The van der Waals surface area contributed by atoms with E-state index in [2.05, 4.69) is 25.3 Å². The third-order valence-corrected chi connectivity index (χ3v) is 4.61. The van der Waals surface area contributed by atoms with Crippen LogP contribution in [0.15, 0.2) is 22.9 Å². The van der Waals surface area contributed by atoms with Crippen molar-refractivity contribution >= 4 is 5.91 Å². The van der Waals surface area contributed by atoms with Crippen molar-refractivity contribution in [3.05, 3.63) is 35.7 Å². The summed E-state index contributed by atoms with van der Waals surface area (Å²) in [6, 6.07) is 3.72. The predicted octanol–water partition coefficient (Wildman–Crippen LogP) is 1.63. The molecule has 1 aliphatic carbocycles. The molecule has 1 unspecified atom stereocenters.